The molecule has 2 nitrogen and oxygen atoms in total. The third-order valence-electron chi connectivity index (χ3n) is 3.51. The summed E-state index contributed by atoms with van der Waals surface area (Å²) in [7, 11) is 0. The standard InChI is InChI=1S/C17H14F2N2/c18-14-6-5-12(15(19)10-14)8-16(20)13-4-3-11-2-1-7-21-17(11)9-13/h1-7,9-10,16H,8,20H2. The molecule has 0 saturated carbocycles. The van der Waals surface area contributed by atoms with Gasteiger partial charge in [0.1, 0.15) is 11.6 Å². The maximum absolute atomic E-state index is 13.7. The summed E-state index contributed by atoms with van der Waals surface area (Å²) in [5.41, 5.74) is 8.28. The van der Waals surface area contributed by atoms with Gasteiger partial charge in [0.2, 0.25) is 0 Å². The Morgan fingerprint density at radius 3 is 2.71 bits per heavy atom. The van der Waals surface area contributed by atoms with Crippen LogP contribution in [-0.4, -0.2) is 4.98 Å². The van der Waals surface area contributed by atoms with Crippen LogP contribution in [0.1, 0.15) is 17.2 Å². The fourth-order valence-corrected chi connectivity index (χ4v) is 2.36. The molecule has 4 heteroatoms. The minimum atomic E-state index is -0.584. The third kappa shape index (κ3) is 2.90. The summed E-state index contributed by atoms with van der Waals surface area (Å²) in [6.45, 7) is 0. The number of halogens is 2. The van der Waals surface area contributed by atoms with E-state index in [0.29, 0.717) is 12.0 Å². The average molecular weight is 284 g/mol. The predicted molar refractivity (Wildman–Crippen MR) is 78.7 cm³/mol. The van der Waals surface area contributed by atoms with Crippen LogP contribution in [0.3, 0.4) is 0 Å². The minimum Gasteiger partial charge on any atom is -0.324 e. The van der Waals surface area contributed by atoms with Gasteiger partial charge in [0, 0.05) is 23.7 Å². The highest BCUT2D eigenvalue weighted by molar-refractivity contribution is 5.78. The van der Waals surface area contributed by atoms with Gasteiger partial charge in [-0.1, -0.05) is 24.3 Å². The molecule has 3 aromatic rings. The van der Waals surface area contributed by atoms with Gasteiger partial charge in [-0.15, -0.1) is 0 Å². The Morgan fingerprint density at radius 1 is 1.05 bits per heavy atom. The van der Waals surface area contributed by atoms with Crippen LogP contribution in [0.15, 0.2) is 54.7 Å². The molecule has 0 aliphatic heterocycles. The molecular weight excluding hydrogens is 270 g/mol. The fourth-order valence-electron chi connectivity index (χ4n) is 2.36. The van der Waals surface area contributed by atoms with Gasteiger partial charge in [0.15, 0.2) is 0 Å². The first kappa shape index (κ1) is 13.6. The van der Waals surface area contributed by atoms with Crippen LogP contribution in [0.25, 0.3) is 10.9 Å². The van der Waals surface area contributed by atoms with Gasteiger partial charge >= 0.3 is 0 Å². The highest BCUT2D eigenvalue weighted by Gasteiger charge is 2.12. The van der Waals surface area contributed by atoms with Crippen LogP contribution in [0.5, 0.6) is 0 Å². The van der Waals surface area contributed by atoms with Crippen LogP contribution in [-0.2, 0) is 6.42 Å². The molecule has 1 unspecified atom stereocenters. The van der Waals surface area contributed by atoms with Crippen molar-refractivity contribution in [1.82, 2.24) is 4.98 Å². The van der Waals surface area contributed by atoms with Crippen LogP contribution in [0.4, 0.5) is 8.78 Å². The largest absolute Gasteiger partial charge is 0.324 e. The van der Waals surface area contributed by atoms with E-state index in [9.17, 15) is 8.78 Å². The van der Waals surface area contributed by atoms with Crippen LogP contribution in [0, 0.1) is 11.6 Å². The summed E-state index contributed by atoms with van der Waals surface area (Å²) >= 11 is 0. The van der Waals surface area contributed by atoms with E-state index in [1.54, 1.807) is 6.20 Å². The summed E-state index contributed by atoms with van der Waals surface area (Å²) in [5.74, 6) is -1.15. The molecule has 2 aromatic carbocycles. The maximum Gasteiger partial charge on any atom is 0.129 e. The molecule has 1 atom stereocenters. The number of pyridine rings is 1. The number of benzene rings is 2. The summed E-state index contributed by atoms with van der Waals surface area (Å²) in [5, 5.41) is 1.03. The summed E-state index contributed by atoms with van der Waals surface area (Å²) in [4.78, 5) is 4.28. The Labute approximate surface area is 121 Å². The highest BCUT2D eigenvalue weighted by Crippen LogP contribution is 2.22. The van der Waals surface area contributed by atoms with Gasteiger partial charge in [0.05, 0.1) is 5.52 Å². The Balaban J connectivity index is 1.87. The molecule has 0 amide bonds. The summed E-state index contributed by atoms with van der Waals surface area (Å²) < 4.78 is 26.6. The molecular formula is C17H14F2N2. The lowest BCUT2D eigenvalue weighted by Gasteiger charge is -2.13. The number of nitrogens with two attached hydrogens (primary N) is 1. The van der Waals surface area contributed by atoms with Gasteiger partial charge in [-0.3, -0.25) is 4.98 Å². The zero-order valence-electron chi connectivity index (χ0n) is 11.3. The van der Waals surface area contributed by atoms with Gasteiger partial charge in [0.25, 0.3) is 0 Å². The van der Waals surface area contributed by atoms with E-state index in [4.69, 9.17) is 5.73 Å². The number of fused-ring (bicyclic) bond motifs is 1. The van der Waals surface area contributed by atoms with Crippen molar-refractivity contribution in [2.45, 2.75) is 12.5 Å². The van der Waals surface area contributed by atoms with Crippen molar-refractivity contribution in [3.63, 3.8) is 0 Å². The first-order valence-corrected chi connectivity index (χ1v) is 6.67. The molecule has 2 N–H and O–H groups in total. The van der Waals surface area contributed by atoms with Crippen molar-refractivity contribution in [3.05, 3.63) is 77.5 Å². The van der Waals surface area contributed by atoms with Crippen molar-refractivity contribution >= 4 is 10.9 Å². The monoisotopic (exact) mass is 284 g/mol. The lowest BCUT2D eigenvalue weighted by molar-refractivity contribution is 0.563. The van der Waals surface area contributed by atoms with Crippen LogP contribution >= 0.6 is 0 Å². The van der Waals surface area contributed by atoms with Gasteiger partial charge in [-0.25, -0.2) is 8.78 Å². The lowest BCUT2D eigenvalue weighted by Crippen LogP contribution is -2.14. The molecule has 3 rings (SSSR count). The van der Waals surface area contributed by atoms with Crippen molar-refractivity contribution in [1.29, 1.82) is 0 Å². The zero-order valence-corrected chi connectivity index (χ0v) is 11.3. The van der Waals surface area contributed by atoms with Crippen molar-refractivity contribution in [2.24, 2.45) is 5.73 Å². The zero-order chi connectivity index (χ0) is 14.8. The molecule has 1 aromatic heterocycles. The first-order valence-electron chi connectivity index (χ1n) is 6.67. The number of hydrogen-bond acceptors (Lipinski definition) is 2. The predicted octanol–water partition coefficient (Wildman–Crippen LogP) is 3.76. The molecule has 0 spiro atoms. The second kappa shape index (κ2) is 5.58. The minimum absolute atomic E-state index is 0.310. The molecule has 0 bridgehead atoms. The van der Waals surface area contributed by atoms with E-state index in [1.807, 2.05) is 30.3 Å². The molecule has 1 heterocycles. The Kier molecular flexibility index (Phi) is 3.62. The second-order valence-corrected chi connectivity index (χ2v) is 5.00. The second-order valence-electron chi connectivity index (χ2n) is 5.00. The molecule has 0 aliphatic rings. The Bertz CT molecular complexity index is 787. The van der Waals surface area contributed by atoms with Gasteiger partial charge in [-0.05, 0) is 35.7 Å². The third-order valence-corrected chi connectivity index (χ3v) is 3.51. The van der Waals surface area contributed by atoms with Crippen molar-refractivity contribution < 1.29 is 8.78 Å². The van der Waals surface area contributed by atoms with Gasteiger partial charge in [-0.2, -0.15) is 0 Å². The fraction of sp³-hybridized carbons (Fsp3) is 0.118. The van der Waals surface area contributed by atoms with Gasteiger partial charge < -0.3 is 5.73 Å². The number of hydrogen-bond donors (Lipinski definition) is 1. The van der Waals surface area contributed by atoms with E-state index in [2.05, 4.69) is 4.98 Å². The molecule has 0 saturated heterocycles. The maximum atomic E-state index is 13.7. The smallest absolute Gasteiger partial charge is 0.129 e. The number of aromatic nitrogens is 1. The van der Waals surface area contributed by atoms with Crippen molar-refractivity contribution in [2.75, 3.05) is 0 Å². The summed E-state index contributed by atoms with van der Waals surface area (Å²) in [6, 6.07) is 12.8. The van der Waals surface area contributed by atoms with E-state index in [-0.39, 0.29) is 6.04 Å². The quantitative estimate of drug-likeness (QED) is 0.795. The lowest BCUT2D eigenvalue weighted by atomic mass is 9.98. The van der Waals surface area contributed by atoms with Crippen molar-refractivity contribution in [3.8, 4) is 0 Å². The Hall–Kier alpha value is -2.33. The molecule has 106 valence electrons. The van der Waals surface area contributed by atoms with E-state index >= 15 is 0 Å². The summed E-state index contributed by atoms with van der Waals surface area (Å²) in [6.07, 6.45) is 2.03. The molecule has 0 aliphatic carbocycles. The SMILES string of the molecule is NC(Cc1ccc(F)cc1F)c1ccc2cccnc2c1. The topological polar surface area (TPSA) is 38.9 Å². The first-order chi connectivity index (χ1) is 10.1. The van der Waals surface area contributed by atoms with Crippen LogP contribution < -0.4 is 5.73 Å². The number of rotatable bonds is 3. The highest BCUT2D eigenvalue weighted by atomic mass is 19.1. The van der Waals surface area contributed by atoms with E-state index in [0.717, 1.165) is 22.5 Å². The molecule has 0 radical (unpaired) electrons. The average Bonchev–Trinajstić information content (AvgIpc) is 2.49. The van der Waals surface area contributed by atoms with Crippen LogP contribution in [0.2, 0.25) is 0 Å². The normalized spacial score (nSPS) is 12.5. The van der Waals surface area contributed by atoms with E-state index in [1.165, 1.54) is 12.1 Å². The Morgan fingerprint density at radius 2 is 1.90 bits per heavy atom. The molecule has 21 heavy (non-hydrogen) atoms. The number of nitrogens with zero attached hydrogens (tertiary/aromatic N) is 1. The van der Waals surface area contributed by atoms with E-state index < -0.39 is 11.6 Å². The molecule has 0 fully saturated rings.